The molecule has 4 aromatic heterocycles. The van der Waals surface area contributed by atoms with Gasteiger partial charge in [0.15, 0.2) is 0 Å². The lowest BCUT2D eigenvalue weighted by Crippen LogP contribution is -2.27. The molecule has 1 amide bonds. The van der Waals surface area contributed by atoms with Crippen LogP contribution >= 0.6 is 0 Å². The number of amides is 1. The zero-order valence-electron chi connectivity index (χ0n) is 26.3. The molecular formula is C36H33FN8O2. The number of aromatic nitrogens is 7. The second kappa shape index (κ2) is 12.2. The fourth-order valence-electron chi connectivity index (χ4n) is 6.19. The van der Waals surface area contributed by atoms with Crippen LogP contribution in [0.1, 0.15) is 43.5 Å². The van der Waals surface area contributed by atoms with E-state index in [0.29, 0.717) is 30.6 Å². The van der Waals surface area contributed by atoms with E-state index < -0.39 is 0 Å². The van der Waals surface area contributed by atoms with Gasteiger partial charge in [0.1, 0.15) is 5.82 Å². The van der Waals surface area contributed by atoms with Crippen LogP contribution < -0.4 is 10.9 Å². The number of hydrogen-bond donors (Lipinski definition) is 1. The molecule has 7 rings (SSSR count). The van der Waals surface area contributed by atoms with E-state index in [0.717, 1.165) is 44.9 Å². The number of nitrogens with one attached hydrogen (secondary N) is 1. The van der Waals surface area contributed by atoms with Crippen molar-refractivity contribution in [3.05, 3.63) is 119 Å². The van der Waals surface area contributed by atoms with Gasteiger partial charge in [0.05, 0.1) is 53.2 Å². The third-order valence-electron chi connectivity index (χ3n) is 8.76. The van der Waals surface area contributed by atoms with Crippen molar-refractivity contribution in [2.24, 2.45) is 13.0 Å². The van der Waals surface area contributed by atoms with Crippen LogP contribution in [-0.4, -0.2) is 40.0 Å². The largest absolute Gasteiger partial charge is 0.323 e. The first kappa shape index (κ1) is 30.0. The summed E-state index contributed by atoms with van der Waals surface area (Å²) in [5.41, 5.74) is 7.57. The van der Waals surface area contributed by atoms with Gasteiger partial charge in [-0.1, -0.05) is 31.0 Å². The maximum absolute atomic E-state index is 13.9. The topological polar surface area (TPSA) is 113 Å². The molecule has 6 aromatic rings. The second-order valence-corrected chi connectivity index (χ2v) is 12.1. The molecule has 47 heavy (non-hydrogen) atoms. The van der Waals surface area contributed by atoms with Gasteiger partial charge < -0.3 is 5.32 Å². The number of halogens is 1. The van der Waals surface area contributed by atoms with E-state index in [2.05, 4.69) is 15.5 Å². The maximum Gasteiger partial charge on any atom is 0.254 e. The number of anilines is 1. The fraction of sp³-hybridized carbons (Fsp3) is 0.222. The summed E-state index contributed by atoms with van der Waals surface area (Å²) in [6, 6.07) is 17.2. The molecule has 10 nitrogen and oxygen atoms in total. The Morgan fingerprint density at radius 3 is 2.53 bits per heavy atom. The summed E-state index contributed by atoms with van der Waals surface area (Å²) in [4.78, 5) is 36.4. The average molecular weight is 629 g/mol. The van der Waals surface area contributed by atoms with Crippen LogP contribution in [0.25, 0.3) is 39.3 Å². The van der Waals surface area contributed by atoms with Gasteiger partial charge in [-0.2, -0.15) is 10.2 Å². The van der Waals surface area contributed by atoms with E-state index >= 15 is 0 Å². The summed E-state index contributed by atoms with van der Waals surface area (Å²) in [6.45, 7) is 3.91. The quantitative estimate of drug-likeness (QED) is 0.243. The van der Waals surface area contributed by atoms with Gasteiger partial charge >= 0.3 is 0 Å². The van der Waals surface area contributed by atoms with Crippen molar-refractivity contribution in [2.45, 2.75) is 39.2 Å². The highest BCUT2D eigenvalue weighted by Crippen LogP contribution is 2.34. The number of hydrogen-bond acceptors (Lipinski definition) is 6. The van der Waals surface area contributed by atoms with Crippen LogP contribution in [0.3, 0.4) is 0 Å². The molecule has 0 fully saturated rings. The number of carbonyl (C=O) groups is 1. The third-order valence-corrected chi connectivity index (χ3v) is 8.76. The third kappa shape index (κ3) is 5.87. The van der Waals surface area contributed by atoms with Crippen molar-refractivity contribution in [1.29, 1.82) is 0 Å². The molecule has 2 bridgehead atoms. The second-order valence-electron chi connectivity index (χ2n) is 12.1. The Morgan fingerprint density at radius 1 is 0.894 bits per heavy atom. The molecule has 11 heteroatoms. The zero-order valence-corrected chi connectivity index (χ0v) is 26.3. The first-order chi connectivity index (χ1) is 22.7. The molecule has 0 saturated carbocycles. The fourth-order valence-corrected chi connectivity index (χ4v) is 6.19. The summed E-state index contributed by atoms with van der Waals surface area (Å²) in [5.74, 6) is -0.600. The molecule has 0 saturated heterocycles. The summed E-state index contributed by atoms with van der Waals surface area (Å²) in [7, 11) is 1.83. The lowest BCUT2D eigenvalue weighted by atomic mass is 9.96. The van der Waals surface area contributed by atoms with Crippen molar-refractivity contribution in [2.75, 3.05) is 5.32 Å². The number of benzene rings is 2. The normalized spacial score (nSPS) is 16.6. The minimum Gasteiger partial charge on any atom is -0.323 e. The SMILES string of the molecule is Cc1ccc(-c2cnn(-c3ccc(F)cc3)c2)c(-c2cc(=O)n([C@H]3CCC[C@@H](C)C(=O)Nc4cnn(C)c4-c4ccnc3c4)cn2)c1. The van der Waals surface area contributed by atoms with Gasteiger partial charge in [-0.25, -0.2) is 14.1 Å². The highest BCUT2D eigenvalue weighted by atomic mass is 19.1. The molecule has 1 N–H and O–H groups in total. The summed E-state index contributed by atoms with van der Waals surface area (Å²) >= 11 is 0. The Hall–Kier alpha value is -5.71. The van der Waals surface area contributed by atoms with Crippen LogP contribution in [0.5, 0.6) is 0 Å². The summed E-state index contributed by atoms with van der Waals surface area (Å²) in [6.07, 6.45) is 10.6. The first-order valence-electron chi connectivity index (χ1n) is 15.5. The van der Waals surface area contributed by atoms with Gasteiger partial charge in [0.25, 0.3) is 5.56 Å². The van der Waals surface area contributed by atoms with Crippen molar-refractivity contribution < 1.29 is 9.18 Å². The molecule has 5 heterocycles. The summed E-state index contributed by atoms with van der Waals surface area (Å²) in [5, 5.41) is 11.9. The van der Waals surface area contributed by atoms with Crippen molar-refractivity contribution in [3.63, 3.8) is 0 Å². The monoisotopic (exact) mass is 628 g/mol. The smallest absolute Gasteiger partial charge is 0.254 e. The highest BCUT2D eigenvalue weighted by molar-refractivity contribution is 5.95. The standard InChI is InChI=1S/C36H33FN8O2/c1-22-7-12-28(25-18-41-45(20-25)27-10-8-26(37)9-11-27)29(15-22)30-17-34(46)44(21-39-30)33-6-4-5-23(2)36(47)42-32-19-40-43(3)35(32)24-13-14-38-31(33)16-24/h7-21,23,33H,4-6H2,1-3H3,(H,42,47)/t23-,33+/m1/s1. The molecule has 0 spiro atoms. The van der Waals surface area contributed by atoms with E-state index in [9.17, 15) is 14.0 Å². The number of pyridine rings is 1. The molecule has 0 aliphatic carbocycles. The molecule has 1 aliphatic heterocycles. The van der Waals surface area contributed by atoms with Crippen molar-refractivity contribution >= 4 is 11.6 Å². The summed E-state index contributed by atoms with van der Waals surface area (Å²) < 4.78 is 18.5. The molecule has 0 radical (unpaired) electrons. The molecule has 2 aromatic carbocycles. The van der Waals surface area contributed by atoms with Crippen LogP contribution in [-0.2, 0) is 11.8 Å². The molecule has 1 aliphatic rings. The predicted molar refractivity (Wildman–Crippen MR) is 177 cm³/mol. The minimum absolute atomic E-state index is 0.0639. The van der Waals surface area contributed by atoms with Gasteiger partial charge in [0, 0.05) is 48.1 Å². The zero-order chi connectivity index (χ0) is 32.7. The van der Waals surface area contributed by atoms with Gasteiger partial charge in [-0.3, -0.25) is 23.8 Å². The molecule has 0 unspecified atom stereocenters. The van der Waals surface area contributed by atoms with Crippen LogP contribution in [0.4, 0.5) is 10.1 Å². The lowest BCUT2D eigenvalue weighted by molar-refractivity contribution is -0.119. The molecular weight excluding hydrogens is 595 g/mol. The highest BCUT2D eigenvalue weighted by Gasteiger charge is 2.24. The van der Waals surface area contributed by atoms with Crippen LogP contribution in [0.15, 0.2) is 96.6 Å². The van der Waals surface area contributed by atoms with E-state index in [-0.39, 0.29) is 29.2 Å². The Bertz CT molecular complexity index is 2160. The number of nitrogens with zero attached hydrogens (tertiary/aromatic N) is 7. The van der Waals surface area contributed by atoms with Gasteiger partial charge in [-0.05, 0) is 67.8 Å². The predicted octanol–water partition coefficient (Wildman–Crippen LogP) is 6.35. The Labute approximate surface area is 270 Å². The number of rotatable bonds is 4. The number of aryl methyl sites for hydroxylation is 2. The number of fused-ring (bicyclic) bond motifs is 4. The van der Waals surface area contributed by atoms with E-state index in [1.54, 1.807) is 57.0 Å². The number of carbonyl (C=O) groups excluding carboxylic acids is 1. The minimum atomic E-state index is -0.388. The van der Waals surface area contributed by atoms with E-state index in [4.69, 9.17) is 9.97 Å². The first-order valence-corrected chi connectivity index (χ1v) is 15.5. The Balaban J connectivity index is 1.27. The van der Waals surface area contributed by atoms with Crippen molar-refractivity contribution in [1.82, 2.24) is 34.1 Å². The Morgan fingerprint density at radius 2 is 1.72 bits per heavy atom. The van der Waals surface area contributed by atoms with Crippen molar-refractivity contribution in [3.8, 4) is 39.3 Å². The van der Waals surface area contributed by atoms with E-state index in [1.165, 1.54) is 12.1 Å². The molecule has 2 atom stereocenters. The maximum atomic E-state index is 13.9. The Kier molecular flexibility index (Phi) is 7.80. The molecule has 236 valence electrons. The lowest BCUT2D eigenvalue weighted by Gasteiger charge is -2.22. The van der Waals surface area contributed by atoms with E-state index in [1.807, 2.05) is 57.4 Å². The average Bonchev–Trinajstić information content (AvgIpc) is 3.70. The van der Waals surface area contributed by atoms with Crippen LogP contribution in [0.2, 0.25) is 0 Å². The van der Waals surface area contributed by atoms with Crippen LogP contribution in [0, 0.1) is 18.7 Å². The van der Waals surface area contributed by atoms with Gasteiger partial charge in [0.2, 0.25) is 5.91 Å². The van der Waals surface area contributed by atoms with Gasteiger partial charge in [-0.15, -0.1) is 0 Å².